The van der Waals surface area contributed by atoms with Crippen molar-refractivity contribution in [2.45, 2.75) is 18.9 Å². The van der Waals surface area contributed by atoms with E-state index in [9.17, 15) is 9.90 Å². The van der Waals surface area contributed by atoms with Crippen LogP contribution in [0.15, 0.2) is 22.7 Å². The zero-order valence-electron chi connectivity index (χ0n) is 7.67. The first kappa shape index (κ1) is 9.68. The molecule has 1 amide bonds. The molecule has 1 aliphatic heterocycles. The maximum atomic E-state index is 11.5. The van der Waals surface area contributed by atoms with Gasteiger partial charge in [-0.15, -0.1) is 0 Å². The Morgan fingerprint density at radius 2 is 2.29 bits per heavy atom. The quantitative estimate of drug-likeness (QED) is 0.807. The Morgan fingerprint density at radius 1 is 1.57 bits per heavy atom. The number of amides is 1. The lowest BCUT2D eigenvalue weighted by atomic mass is 9.93. The number of carbonyl (C=O) groups is 1. The number of rotatable bonds is 1. The van der Waals surface area contributed by atoms with Crippen LogP contribution in [0.2, 0.25) is 0 Å². The third-order valence-electron chi connectivity index (χ3n) is 2.56. The second kappa shape index (κ2) is 3.07. The van der Waals surface area contributed by atoms with Crippen LogP contribution in [-0.2, 0) is 10.4 Å². The molecule has 0 saturated carbocycles. The van der Waals surface area contributed by atoms with Gasteiger partial charge in [-0.3, -0.25) is 4.79 Å². The van der Waals surface area contributed by atoms with Gasteiger partial charge in [0.05, 0.1) is 0 Å². The highest BCUT2D eigenvalue weighted by Gasteiger charge is 2.43. The predicted molar refractivity (Wildman–Crippen MR) is 57.0 cm³/mol. The summed E-state index contributed by atoms with van der Waals surface area (Å²) in [5.74, 6) is -0.340. The molecule has 4 heteroatoms. The zero-order chi connectivity index (χ0) is 10.3. The van der Waals surface area contributed by atoms with Gasteiger partial charge in [-0.25, -0.2) is 0 Å². The lowest BCUT2D eigenvalue weighted by molar-refractivity contribution is -0.133. The summed E-state index contributed by atoms with van der Waals surface area (Å²) in [5, 5.41) is 12.8. The minimum atomic E-state index is -1.36. The van der Waals surface area contributed by atoms with Crippen LogP contribution in [0.4, 0.5) is 5.69 Å². The van der Waals surface area contributed by atoms with Crippen LogP contribution in [0.1, 0.15) is 18.9 Å². The van der Waals surface area contributed by atoms with Crippen molar-refractivity contribution in [3.05, 3.63) is 28.2 Å². The van der Waals surface area contributed by atoms with Crippen molar-refractivity contribution in [3.63, 3.8) is 0 Å². The summed E-state index contributed by atoms with van der Waals surface area (Å²) < 4.78 is 0.861. The number of nitrogens with one attached hydrogen (secondary N) is 1. The van der Waals surface area contributed by atoms with E-state index in [-0.39, 0.29) is 5.91 Å². The Balaban J connectivity index is 2.61. The molecule has 1 aromatic rings. The van der Waals surface area contributed by atoms with Crippen molar-refractivity contribution in [2.75, 3.05) is 5.32 Å². The van der Waals surface area contributed by atoms with Gasteiger partial charge in [0.1, 0.15) is 0 Å². The highest BCUT2D eigenvalue weighted by atomic mass is 79.9. The molecular formula is C10H10BrNO2. The lowest BCUT2D eigenvalue weighted by Gasteiger charge is -2.18. The van der Waals surface area contributed by atoms with Gasteiger partial charge >= 0.3 is 0 Å². The summed E-state index contributed by atoms with van der Waals surface area (Å²) in [4.78, 5) is 11.5. The molecule has 3 nitrogen and oxygen atoms in total. The van der Waals surface area contributed by atoms with Crippen LogP contribution in [0.3, 0.4) is 0 Å². The standard InChI is InChI=1S/C10H10BrNO2/c1-2-10(14)7-5-6(11)3-4-8(7)12-9(10)13/h3-5,14H,2H2,1H3,(H,12,13). The molecule has 1 aliphatic rings. The fourth-order valence-corrected chi connectivity index (χ4v) is 2.03. The predicted octanol–water partition coefficient (Wildman–Crippen LogP) is 2.00. The maximum absolute atomic E-state index is 11.5. The highest BCUT2D eigenvalue weighted by molar-refractivity contribution is 9.10. The minimum Gasteiger partial charge on any atom is -0.375 e. The van der Waals surface area contributed by atoms with Crippen molar-refractivity contribution in [1.82, 2.24) is 0 Å². The number of anilines is 1. The molecule has 1 heterocycles. The van der Waals surface area contributed by atoms with Gasteiger partial charge in [0.2, 0.25) is 0 Å². The largest absolute Gasteiger partial charge is 0.375 e. The average Bonchev–Trinajstić information content (AvgIpc) is 2.41. The van der Waals surface area contributed by atoms with E-state index in [1.807, 2.05) is 6.07 Å². The summed E-state index contributed by atoms with van der Waals surface area (Å²) in [7, 11) is 0. The zero-order valence-corrected chi connectivity index (χ0v) is 9.26. The van der Waals surface area contributed by atoms with Gasteiger partial charge in [0, 0.05) is 15.7 Å². The van der Waals surface area contributed by atoms with E-state index in [1.54, 1.807) is 19.1 Å². The summed E-state index contributed by atoms with van der Waals surface area (Å²) in [6.45, 7) is 1.79. The highest BCUT2D eigenvalue weighted by Crippen LogP contribution is 2.39. The number of carbonyl (C=O) groups excluding carboxylic acids is 1. The molecule has 0 spiro atoms. The van der Waals surface area contributed by atoms with Crippen molar-refractivity contribution in [2.24, 2.45) is 0 Å². The maximum Gasteiger partial charge on any atom is 0.261 e. The Hall–Kier alpha value is -0.870. The van der Waals surface area contributed by atoms with Gasteiger partial charge in [0.25, 0.3) is 5.91 Å². The Kier molecular flexibility index (Phi) is 2.12. The van der Waals surface area contributed by atoms with E-state index < -0.39 is 5.60 Å². The number of hydrogen-bond acceptors (Lipinski definition) is 2. The molecule has 0 saturated heterocycles. The molecule has 0 aromatic heterocycles. The molecule has 2 rings (SSSR count). The van der Waals surface area contributed by atoms with E-state index in [1.165, 1.54) is 0 Å². The first-order valence-electron chi connectivity index (χ1n) is 4.42. The number of fused-ring (bicyclic) bond motifs is 1. The molecule has 14 heavy (non-hydrogen) atoms. The van der Waals surface area contributed by atoms with Crippen LogP contribution in [-0.4, -0.2) is 11.0 Å². The van der Waals surface area contributed by atoms with E-state index in [0.29, 0.717) is 17.7 Å². The third-order valence-corrected chi connectivity index (χ3v) is 3.06. The molecular weight excluding hydrogens is 246 g/mol. The van der Waals surface area contributed by atoms with Gasteiger partial charge < -0.3 is 10.4 Å². The minimum absolute atomic E-state index is 0.340. The summed E-state index contributed by atoms with van der Waals surface area (Å²) in [6.07, 6.45) is 0.377. The second-order valence-electron chi connectivity index (χ2n) is 3.36. The van der Waals surface area contributed by atoms with Gasteiger partial charge in [-0.2, -0.15) is 0 Å². The van der Waals surface area contributed by atoms with E-state index >= 15 is 0 Å². The molecule has 0 radical (unpaired) electrons. The normalized spacial score (nSPS) is 24.6. The van der Waals surface area contributed by atoms with Crippen LogP contribution < -0.4 is 5.32 Å². The Morgan fingerprint density at radius 3 is 2.93 bits per heavy atom. The number of aliphatic hydroxyl groups is 1. The molecule has 1 atom stereocenters. The van der Waals surface area contributed by atoms with E-state index in [0.717, 1.165) is 4.47 Å². The molecule has 1 unspecified atom stereocenters. The molecule has 74 valence electrons. The van der Waals surface area contributed by atoms with Gasteiger partial charge in [0.15, 0.2) is 5.60 Å². The fourth-order valence-electron chi connectivity index (χ4n) is 1.67. The van der Waals surface area contributed by atoms with Crippen molar-refractivity contribution < 1.29 is 9.90 Å². The fraction of sp³-hybridized carbons (Fsp3) is 0.300. The molecule has 2 N–H and O–H groups in total. The van der Waals surface area contributed by atoms with Crippen LogP contribution in [0.25, 0.3) is 0 Å². The van der Waals surface area contributed by atoms with Crippen molar-refractivity contribution in [3.8, 4) is 0 Å². The molecule has 0 fully saturated rings. The van der Waals surface area contributed by atoms with Crippen molar-refractivity contribution in [1.29, 1.82) is 0 Å². The molecule has 0 aliphatic carbocycles. The van der Waals surface area contributed by atoms with Crippen molar-refractivity contribution >= 4 is 27.5 Å². The van der Waals surface area contributed by atoms with Crippen LogP contribution >= 0.6 is 15.9 Å². The summed E-state index contributed by atoms with van der Waals surface area (Å²) in [6, 6.07) is 5.39. The van der Waals surface area contributed by atoms with E-state index in [2.05, 4.69) is 21.2 Å². The lowest BCUT2D eigenvalue weighted by Crippen LogP contribution is -2.33. The first-order chi connectivity index (χ1) is 6.58. The number of halogens is 1. The van der Waals surface area contributed by atoms with Crippen LogP contribution in [0.5, 0.6) is 0 Å². The summed E-state index contributed by atoms with van der Waals surface area (Å²) >= 11 is 3.32. The number of benzene rings is 1. The molecule has 0 bridgehead atoms. The third kappa shape index (κ3) is 1.18. The second-order valence-corrected chi connectivity index (χ2v) is 4.27. The average molecular weight is 256 g/mol. The number of hydrogen-bond donors (Lipinski definition) is 2. The Bertz CT molecular complexity index is 405. The smallest absolute Gasteiger partial charge is 0.261 e. The van der Waals surface area contributed by atoms with Gasteiger partial charge in [-0.05, 0) is 24.6 Å². The van der Waals surface area contributed by atoms with E-state index in [4.69, 9.17) is 0 Å². The monoisotopic (exact) mass is 255 g/mol. The Labute approximate surface area is 90.3 Å². The summed E-state index contributed by atoms with van der Waals surface area (Å²) in [5.41, 5.74) is -0.0130. The topological polar surface area (TPSA) is 49.3 Å². The van der Waals surface area contributed by atoms with Gasteiger partial charge in [-0.1, -0.05) is 22.9 Å². The SMILES string of the molecule is CCC1(O)C(=O)Nc2ccc(Br)cc21. The first-order valence-corrected chi connectivity index (χ1v) is 5.21. The molecule has 1 aromatic carbocycles. The van der Waals surface area contributed by atoms with Crippen LogP contribution in [0, 0.1) is 0 Å².